The molecule has 6 nitrogen and oxygen atoms in total. The van der Waals surface area contributed by atoms with Gasteiger partial charge in [0.15, 0.2) is 12.4 Å². The summed E-state index contributed by atoms with van der Waals surface area (Å²) in [4.78, 5) is 25.6. The third kappa shape index (κ3) is 3.39. The van der Waals surface area contributed by atoms with E-state index in [1.54, 1.807) is 24.3 Å². The first-order valence-corrected chi connectivity index (χ1v) is 6.38. The quantitative estimate of drug-likeness (QED) is 0.476. The summed E-state index contributed by atoms with van der Waals surface area (Å²) in [5, 5.41) is 10.7. The van der Waals surface area contributed by atoms with E-state index in [9.17, 15) is 14.9 Å². The van der Waals surface area contributed by atoms with E-state index in [-0.39, 0.29) is 18.1 Å². The van der Waals surface area contributed by atoms with Gasteiger partial charge in [0, 0.05) is 10.0 Å². The van der Waals surface area contributed by atoms with Crippen LogP contribution in [0.3, 0.4) is 0 Å². The molecule has 0 fully saturated rings. The van der Waals surface area contributed by atoms with Crippen LogP contribution in [-0.2, 0) is 0 Å². The highest BCUT2D eigenvalue weighted by molar-refractivity contribution is 9.10. The fourth-order valence-electron chi connectivity index (χ4n) is 1.49. The second kappa shape index (κ2) is 6.25. The van der Waals surface area contributed by atoms with Gasteiger partial charge in [-0.1, -0.05) is 28.1 Å². The molecule has 0 saturated heterocycles. The number of ketones is 1. The Labute approximate surface area is 122 Å². The van der Waals surface area contributed by atoms with Gasteiger partial charge in [-0.15, -0.1) is 0 Å². The van der Waals surface area contributed by atoms with Gasteiger partial charge in [-0.3, -0.25) is 4.79 Å². The summed E-state index contributed by atoms with van der Waals surface area (Å²) in [6.45, 7) is -0.284. The smallest absolute Gasteiger partial charge is 0.406 e. The predicted molar refractivity (Wildman–Crippen MR) is 74.9 cm³/mol. The van der Waals surface area contributed by atoms with Crippen molar-refractivity contribution in [2.45, 2.75) is 0 Å². The number of pyridine rings is 1. The lowest BCUT2D eigenvalue weighted by Crippen LogP contribution is -2.12. The van der Waals surface area contributed by atoms with Crippen LogP contribution in [0.15, 0.2) is 47.1 Å². The van der Waals surface area contributed by atoms with Gasteiger partial charge < -0.3 is 14.9 Å². The van der Waals surface area contributed by atoms with Crippen molar-refractivity contribution in [2.75, 3.05) is 6.61 Å². The summed E-state index contributed by atoms with van der Waals surface area (Å²) >= 11 is 3.27. The Morgan fingerprint density at radius 3 is 2.65 bits per heavy atom. The number of rotatable bonds is 5. The Bertz CT molecular complexity index is 643. The van der Waals surface area contributed by atoms with Gasteiger partial charge in [0.05, 0.1) is 0 Å². The lowest BCUT2D eigenvalue weighted by Gasteiger charge is -2.05. The molecule has 0 spiro atoms. The average Bonchev–Trinajstić information content (AvgIpc) is 2.45. The van der Waals surface area contributed by atoms with Crippen LogP contribution in [0.4, 0.5) is 5.82 Å². The summed E-state index contributed by atoms with van der Waals surface area (Å²) in [6.07, 6.45) is 1.29. The summed E-state index contributed by atoms with van der Waals surface area (Å²) in [7, 11) is 0. The van der Waals surface area contributed by atoms with E-state index in [0.717, 1.165) is 4.47 Å². The Kier molecular flexibility index (Phi) is 4.41. The molecule has 7 heteroatoms. The molecule has 2 rings (SSSR count). The molecule has 2 aromatic rings. The Morgan fingerprint density at radius 2 is 2.00 bits per heavy atom. The van der Waals surface area contributed by atoms with E-state index in [1.165, 1.54) is 18.3 Å². The van der Waals surface area contributed by atoms with Crippen molar-refractivity contribution in [2.24, 2.45) is 0 Å². The van der Waals surface area contributed by atoms with Crippen molar-refractivity contribution < 1.29 is 14.5 Å². The number of nitrogens with zero attached hydrogens (tertiary/aromatic N) is 2. The third-order valence-corrected chi connectivity index (χ3v) is 2.98. The number of benzene rings is 1. The summed E-state index contributed by atoms with van der Waals surface area (Å²) in [5.74, 6) is -0.699. The van der Waals surface area contributed by atoms with E-state index < -0.39 is 10.7 Å². The van der Waals surface area contributed by atoms with Gasteiger partial charge in [0.25, 0.3) is 0 Å². The maximum absolute atomic E-state index is 11.9. The third-order valence-electron chi connectivity index (χ3n) is 2.45. The van der Waals surface area contributed by atoms with Crippen LogP contribution in [0.25, 0.3) is 0 Å². The molecular formula is C13H9BrN2O4. The van der Waals surface area contributed by atoms with Crippen LogP contribution in [0.2, 0.25) is 0 Å². The van der Waals surface area contributed by atoms with Crippen LogP contribution in [-0.4, -0.2) is 22.3 Å². The van der Waals surface area contributed by atoms with E-state index in [0.29, 0.717) is 5.56 Å². The zero-order valence-electron chi connectivity index (χ0n) is 10.2. The standard InChI is InChI=1S/C13H9BrN2O4/c14-10-5-3-9(4-6-10)11(17)8-20-12-2-1-7-15-13(12)16(18)19/h1-7H,8H2. The maximum Gasteiger partial charge on any atom is 0.406 e. The molecule has 0 aliphatic heterocycles. The van der Waals surface area contributed by atoms with Crippen LogP contribution >= 0.6 is 15.9 Å². The van der Waals surface area contributed by atoms with Crippen LogP contribution in [0, 0.1) is 10.1 Å². The number of Topliss-reactive ketones (excluding diaryl/α,β-unsaturated/α-hetero) is 1. The molecule has 0 bridgehead atoms. The van der Waals surface area contributed by atoms with Crippen LogP contribution < -0.4 is 4.74 Å². The molecule has 0 N–H and O–H groups in total. The normalized spacial score (nSPS) is 10.1. The summed E-state index contributed by atoms with van der Waals surface area (Å²) in [6, 6.07) is 9.67. The second-order valence-electron chi connectivity index (χ2n) is 3.80. The van der Waals surface area contributed by atoms with Crippen LogP contribution in [0.5, 0.6) is 5.75 Å². The molecule has 0 aliphatic rings. The molecule has 102 valence electrons. The van der Waals surface area contributed by atoms with Crippen molar-refractivity contribution in [1.82, 2.24) is 4.98 Å². The number of hydrogen-bond acceptors (Lipinski definition) is 5. The molecule has 1 heterocycles. The fourth-order valence-corrected chi connectivity index (χ4v) is 1.76. The summed E-state index contributed by atoms with van der Waals surface area (Å²) < 4.78 is 6.04. The highest BCUT2D eigenvalue weighted by Crippen LogP contribution is 2.23. The monoisotopic (exact) mass is 336 g/mol. The zero-order chi connectivity index (χ0) is 14.5. The van der Waals surface area contributed by atoms with Crippen molar-refractivity contribution in [3.05, 3.63) is 62.7 Å². The van der Waals surface area contributed by atoms with Gasteiger partial charge in [0.1, 0.15) is 6.20 Å². The largest absolute Gasteiger partial charge is 0.477 e. The highest BCUT2D eigenvalue weighted by atomic mass is 79.9. The molecule has 0 atom stereocenters. The first-order chi connectivity index (χ1) is 9.58. The first-order valence-electron chi connectivity index (χ1n) is 5.59. The number of hydrogen-bond donors (Lipinski definition) is 0. The first kappa shape index (κ1) is 14.1. The molecule has 0 saturated carbocycles. The number of carbonyl (C=O) groups is 1. The zero-order valence-corrected chi connectivity index (χ0v) is 11.7. The molecule has 1 aromatic heterocycles. The number of aromatic nitrogens is 1. The van der Waals surface area contributed by atoms with Crippen molar-refractivity contribution in [3.8, 4) is 5.75 Å². The minimum absolute atomic E-state index is 0.0250. The minimum atomic E-state index is -0.653. The molecular weight excluding hydrogens is 328 g/mol. The molecule has 0 aliphatic carbocycles. The molecule has 0 radical (unpaired) electrons. The lowest BCUT2D eigenvalue weighted by atomic mass is 10.1. The average molecular weight is 337 g/mol. The van der Waals surface area contributed by atoms with E-state index in [4.69, 9.17) is 4.74 Å². The van der Waals surface area contributed by atoms with Crippen molar-refractivity contribution in [1.29, 1.82) is 0 Å². The minimum Gasteiger partial charge on any atom is -0.477 e. The summed E-state index contributed by atoms with van der Waals surface area (Å²) in [5.41, 5.74) is 0.472. The second-order valence-corrected chi connectivity index (χ2v) is 4.72. The number of ether oxygens (including phenoxy) is 1. The Balaban J connectivity index is 2.07. The van der Waals surface area contributed by atoms with Gasteiger partial charge in [-0.2, -0.15) is 0 Å². The van der Waals surface area contributed by atoms with Crippen molar-refractivity contribution in [3.63, 3.8) is 0 Å². The van der Waals surface area contributed by atoms with Gasteiger partial charge in [-0.25, -0.2) is 0 Å². The number of nitro groups is 1. The number of halogens is 1. The predicted octanol–water partition coefficient (Wildman–Crippen LogP) is 3.01. The van der Waals surface area contributed by atoms with E-state index in [1.807, 2.05) is 0 Å². The van der Waals surface area contributed by atoms with E-state index in [2.05, 4.69) is 20.9 Å². The molecule has 1 aromatic carbocycles. The Hall–Kier alpha value is -2.28. The van der Waals surface area contributed by atoms with E-state index >= 15 is 0 Å². The Morgan fingerprint density at radius 1 is 1.30 bits per heavy atom. The van der Waals surface area contributed by atoms with Crippen LogP contribution in [0.1, 0.15) is 10.4 Å². The van der Waals surface area contributed by atoms with Gasteiger partial charge >= 0.3 is 5.82 Å². The molecule has 0 unspecified atom stereocenters. The highest BCUT2D eigenvalue weighted by Gasteiger charge is 2.17. The molecule has 0 amide bonds. The maximum atomic E-state index is 11.9. The van der Waals surface area contributed by atoms with Crippen molar-refractivity contribution >= 4 is 27.5 Å². The van der Waals surface area contributed by atoms with Gasteiger partial charge in [0.2, 0.25) is 5.75 Å². The SMILES string of the molecule is O=C(COc1cccnc1[N+](=O)[O-])c1ccc(Br)cc1. The van der Waals surface area contributed by atoms with Gasteiger partial charge in [-0.05, 0) is 34.2 Å². The lowest BCUT2D eigenvalue weighted by molar-refractivity contribution is -0.390. The topological polar surface area (TPSA) is 82.3 Å². The number of carbonyl (C=O) groups excluding carboxylic acids is 1. The fraction of sp³-hybridized carbons (Fsp3) is 0.0769. The molecule has 20 heavy (non-hydrogen) atoms.